The molecule has 0 unspecified atom stereocenters. The van der Waals surface area contributed by atoms with E-state index in [9.17, 15) is 9.59 Å². The van der Waals surface area contributed by atoms with Gasteiger partial charge in [-0.25, -0.2) is 0 Å². The number of thioether (sulfide) groups is 1. The summed E-state index contributed by atoms with van der Waals surface area (Å²) in [5.74, 6) is -0.362. The summed E-state index contributed by atoms with van der Waals surface area (Å²) in [4.78, 5) is 23.8. The summed E-state index contributed by atoms with van der Waals surface area (Å²) in [5.41, 5.74) is 0.805. The van der Waals surface area contributed by atoms with Crippen LogP contribution < -0.4 is 4.74 Å². The van der Waals surface area contributed by atoms with E-state index >= 15 is 0 Å². The van der Waals surface area contributed by atoms with Crippen molar-refractivity contribution >= 4 is 35.2 Å². The number of carboxylic acid groups (broad SMARTS) is 1. The molecule has 20 heavy (non-hydrogen) atoms. The highest BCUT2D eigenvalue weighted by Gasteiger charge is 2.13. The Kier molecular flexibility index (Phi) is 6.67. The molecule has 0 bridgehead atoms. The molecule has 1 rings (SSSR count). The zero-order chi connectivity index (χ0) is 15.1. The van der Waals surface area contributed by atoms with Crippen LogP contribution in [0.3, 0.4) is 0 Å². The van der Waals surface area contributed by atoms with Crippen LogP contribution in [0, 0.1) is 0 Å². The van der Waals surface area contributed by atoms with E-state index in [1.165, 1.54) is 4.90 Å². The van der Waals surface area contributed by atoms with E-state index in [1.54, 1.807) is 32.4 Å². The molecule has 110 valence electrons. The minimum Gasteiger partial charge on any atom is -0.496 e. The number of hydrogen-bond acceptors (Lipinski definition) is 4. The number of carbonyl (C=O) groups is 2. The molecule has 5 nitrogen and oxygen atoms in total. The third kappa shape index (κ3) is 5.30. The predicted octanol–water partition coefficient (Wildman–Crippen LogP) is 2.12. The number of carbonyl (C=O) groups excluding carboxylic acids is 1. The lowest BCUT2D eigenvalue weighted by Gasteiger charge is -2.18. The molecule has 0 spiro atoms. The maximum atomic E-state index is 11.9. The molecule has 0 atom stereocenters. The zero-order valence-corrected chi connectivity index (χ0v) is 12.8. The van der Waals surface area contributed by atoms with Crippen LogP contribution in [0.2, 0.25) is 5.02 Å². The highest BCUT2D eigenvalue weighted by atomic mass is 35.5. The van der Waals surface area contributed by atoms with Gasteiger partial charge in [-0.1, -0.05) is 11.6 Å². The Morgan fingerprint density at radius 1 is 1.40 bits per heavy atom. The van der Waals surface area contributed by atoms with Crippen LogP contribution in [0.5, 0.6) is 5.75 Å². The Labute approximate surface area is 126 Å². The molecule has 0 aliphatic rings. The molecule has 1 aromatic carbocycles. The third-order valence-corrected chi connectivity index (χ3v) is 3.66. The van der Waals surface area contributed by atoms with Crippen LogP contribution in [-0.2, 0) is 16.1 Å². The number of amides is 1. The number of nitrogens with zero attached hydrogens (tertiary/aromatic N) is 1. The van der Waals surface area contributed by atoms with E-state index in [4.69, 9.17) is 21.4 Å². The van der Waals surface area contributed by atoms with Gasteiger partial charge in [0.05, 0.1) is 18.6 Å². The molecule has 0 fully saturated rings. The van der Waals surface area contributed by atoms with Gasteiger partial charge in [-0.15, -0.1) is 11.8 Å². The van der Waals surface area contributed by atoms with E-state index in [0.717, 1.165) is 17.3 Å². The number of halogens is 1. The zero-order valence-electron chi connectivity index (χ0n) is 11.3. The summed E-state index contributed by atoms with van der Waals surface area (Å²) >= 11 is 7.00. The number of aliphatic carboxylic acids is 1. The molecular formula is C13H16ClNO4S. The van der Waals surface area contributed by atoms with E-state index in [1.807, 2.05) is 0 Å². The molecule has 1 N–H and O–H groups in total. The van der Waals surface area contributed by atoms with Crippen LogP contribution >= 0.6 is 23.4 Å². The lowest BCUT2D eigenvalue weighted by molar-refractivity contribution is -0.133. The highest BCUT2D eigenvalue weighted by Crippen LogP contribution is 2.23. The minimum absolute atomic E-state index is 0.0833. The fourth-order valence-electron chi connectivity index (χ4n) is 1.55. The summed E-state index contributed by atoms with van der Waals surface area (Å²) < 4.78 is 5.21. The van der Waals surface area contributed by atoms with Crippen LogP contribution in [0.25, 0.3) is 0 Å². The number of ether oxygens (including phenoxy) is 1. The molecule has 1 aromatic rings. The molecule has 0 saturated heterocycles. The molecule has 0 saturated carbocycles. The van der Waals surface area contributed by atoms with Gasteiger partial charge >= 0.3 is 5.97 Å². The van der Waals surface area contributed by atoms with Crippen molar-refractivity contribution in [1.29, 1.82) is 0 Å². The Hall–Kier alpha value is -1.40. The molecule has 1 amide bonds. The number of carboxylic acids is 1. The van der Waals surface area contributed by atoms with E-state index in [-0.39, 0.29) is 17.4 Å². The van der Waals surface area contributed by atoms with Crippen molar-refractivity contribution < 1.29 is 19.4 Å². The summed E-state index contributed by atoms with van der Waals surface area (Å²) in [6.07, 6.45) is 0. The van der Waals surface area contributed by atoms with Gasteiger partial charge in [0.25, 0.3) is 0 Å². The predicted molar refractivity (Wildman–Crippen MR) is 79.4 cm³/mol. The lowest BCUT2D eigenvalue weighted by atomic mass is 10.2. The highest BCUT2D eigenvalue weighted by molar-refractivity contribution is 8.00. The van der Waals surface area contributed by atoms with E-state index in [0.29, 0.717) is 17.3 Å². The number of benzene rings is 1. The van der Waals surface area contributed by atoms with Crippen LogP contribution in [0.15, 0.2) is 18.2 Å². The maximum absolute atomic E-state index is 11.9. The van der Waals surface area contributed by atoms with Crippen molar-refractivity contribution in [2.45, 2.75) is 6.54 Å². The topological polar surface area (TPSA) is 66.8 Å². The van der Waals surface area contributed by atoms with E-state index < -0.39 is 5.97 Å². The van der Waals surface area contributed by atoms with Gasteiger partial charge in [0.15, 0.2) is 0 Å². The number of rotatable bonds is 7. The lowest BCUT2D eigenvalue weighted by Crippen LogP contribution is -2.28. The first kappa shape index (κ1) is 16.7. The molecule has 0 heterocycles. The van der Waals surface area contributed by atoms with Gasteiger partial charge in [-0.2, -0.15) is 0 Å². The molecule has 7 heteroatoms. The Balaban J connectivity index is 2.61. The quantitative estimate of drug-likeness (QED) is 0.834. The van der Waals surface area contributed by atoms with Crippen molar-refractivity contribution in [3.8, 4) is 5.75 Å². The first-order chi connectivity index (χ1) is 9.43. The second kappa shape index (κ2) is 8.01. The smallest absolute Gasteiger partial charge is 0.313 e. The van der Waals surface area contributed by atoms with Crippen molar-refractivity contribution in [3.05, 3.63) is 28.8 Å². The first-order valence-corrected chi connectivity index (χ1v) is 7.33. The monoisotopic (exact) mass is 317 g/mol. The number of hydrogen-bond donors (Lipinski definition) is 1. The number of methoxy groups -OCH3 is 1. The molecule has 0 aliphatic heterocycles. The second-order valence-corrected chi connectivity index (χ2v) is 5.51. The molecule has 0 aromatic heterocycles. The van der Waals surface area contributed by atoms with Gasteiger partial charge in [-0.05, 0) is 18.2 Å². The summed E-state index contributed by atoms with van der Waals surface area (Å²) in [6, 6.07) is 5.21. The van der Waals surface area contributed by atoms with E-state index in [2.05, 4.69) is 0 Å². The Morgan fingerprint density at radius 2 is 2.10 bits per heavy atom. The van der Waals surface area contributed by atoms with Crippen molar-refractivity contribution in [1.82, 2.24) is 4.90 Å². The van der Waals surface area contributed by atoms with Crippen molar-refractivity contribution in [2.24, 2.45) is 0 Å². The third-order valence-electron chi connectivity index (χ3n) is 2.53. The van der Waals surface area contributed by atoms with Gasteiger partial charge in [-0.3, -0.25) is 9.59 Å². The molecular weight excluding hydrogens is 302 g/mol. The van der Waals surface area contributed by atoms with Crippen molar-refractivity contribution in [3.63, 3.8) is 0 Å². The van der Waals surface area contributed by atoms with Gasteiger partial charge < -0.3 is 14.7 Å². The molecule has 0 radical (unpaired) electrons. The average Bonchev–Trinajstić information content (AvgIpc) is 2.38. The van der Waals surface area contributed by atoms with Crippen LogP contribution in [-0.4, -0.2) is 47.5 Å². The first-order valence-electron chi connectivity index (χ1n) is 5.80. The summed E-state index contributed by atoms with van der Waals surface area (Å²) in [5, 5.41) is 9.09. The average molecular weight is 318 g/mol. The normalized spacial score (nSPS) is 10.2. The molecule has 0 aliphatic carbocycles. The van der Waals surface area contributed by atoms with Gasteiger partial charge in [0, 0.05) is 24.2 Å². The Morgan fingerprint density at radius 3 is 2.70 bits per heavy atom. The standard InChI is InChI=1S/C13H16ClNO4S/c1-15(12(16)7-20-8-13(17)18)6-9-5-10(14)3-4-11(9)19-2/h3-5H,6-8H2,1-2H3,(H,17,18). The fourth-order valence-corrected chi connectivity index (χ4v) is 2.42. The fraction of sp³-hybridized carbons (Fsp3) is 0.385. The second-order valence-electron chi connectivity index (χ2n) is 4.09. The Bertz CT molecular complexity index is 495. The summed E-state index contributed by atoms with van der Waals surface area (Å²) in [6.45, 7) is 0.357. The minimum atomic E-state index is -0.929. The largest absolute Gasteiger partial charge is 0.496 e. The van der Waals surface area contributed by atoms with Gasteiger partial charge in [0.2, 0.25) is 5.91 Å². The van der Waals surface area contributed by atoms with Crippen LogP contribution in [0.4, 0.5) is 0 Å². The maximum Gasteiger partial charge on any atom is 0.313 e. The summed E-state index contributed by atoms with van der Waals surface area (Å²) in [7, 11) is 3.21. The van der Waals surface area contributed by atoms with Gasteiger partial charge in [0.1, 0.15) is 5.75 Å². The SMILES string of the molecule is COc1ccc(Cl)cc1CN(C)C(=O)CSCC(=O)O. The van der Waals surface area contributed by atoms with Crippen LogP contribution in [0.1, 0.15) is 5.56 Å². The van der Waals surface area contributed by atoms with Crippen molar-refractivity contribution in [2.75, 3.05) is 25.7 Å².